The normalized spacial score (nSPS) is 19.5. The van der Waals surface area contributed by atoms with Gasteiger partial charge in [-0.05, 0) is 21.6 Å². The summed E-state index contributed by atoms with van der Waals surface area (Å²) < 4.78 is 0. The fourth-order valence-corrected chi connectivity index (χ4v) is 3.03. The smallest absolute Gasteiger partial charge is 0.265 e. The topological polar surface area (TPSA) is 92.3 Å². The molecule has 0 spiro atoms. The number of carbonyl (C=O) groups excluding carboxylic acids is 4. The summed E-state index contributed by atoms with van der Waals surface area (Å²) in [7, 11) is 1.92. The predicted molar refractivity (Wildman–Crippen MR) is 57.6 cm³/mol. The van der Waals surface area contributed by atoms with Crippen molar-refractivity contribution in [3.8, 4) is 0 Å². The molecule has 0 unspecified atom stereocenters. The van der Waals surface area contributed by atoms with Crippen LogP contribution in [0.5, 0.6) is 0 Å². The van der Waals surface area contributed by atoms with Gasteiger partial charge in [-0.25, -0.2) is 0 Å². The molecule has 8 heteroatoms. The first-order valence-electron chi connectivity index (χ1n) is 4.05. The lowest BCUT2D eigenvalue weighted by atomic mass is 10.5. The highest BCUT2D eigenvalue weighted by molar-refractivity contribution is 8.80. The number of amides is 4. The number of carbonyl (C=O) groups is 4. The van der Waals surface area contributed by atoms with E-state index < -0.39 is 23.6 Å². The van der Waals surface area contributed by atoms with E-state index in [1.54, 1.807) is 0 Å². The molecule has 0 saturated heterocycles. The van der Waals surface area contributed by atoms with Crippen LogP contribution in [-0.4, -0.2) is 23.6 Å². The van der Waals surface area contributed by atoms with Gasteiger partial charge in [-0.1, -0.05) is 0 Å². The molecule has 6 nitrogen and oxygen atoms in total. The zero-order valence-electron chi connectivity index (χ0n) is 7.60. The van der Waals surface area contributed by atoms with E-state index in [0.717, 1.165) is 33.7 Å². The minimum absolute atomic E-state index is 0.211. The van der Waals surface area contributed by atoms with Gasteiger partial charge in [0, 0.05) is 12.2 Å². The molecule has 2 rings (SSSR count). The van der Waals surface area contributed by atoms with Gasteiger partial charge in [0.05, 0.1) is 9.81 Å². The average Bonchev–Trinajstić information content (AvgIpc) is 2.66. The molecule has 4 amide bonds. The fourth-order valence-electron chi connectivity index (χ4n) is 1.00. The molecule has 2 heterocycles. The van der Waals surface area contributed by atoms with Gasteiger partial charge in [0.1, 0.15) is 0 Å². The first-order chi connectivity index (χ1) is 7.56. The van der Waals surface area contributed by atoms with Gasteiger partial charge in [-0.15, -0.1) is 0 Å². The highest BCUT2D eigenvalue weighted by atomic mass is 33.1. The Bertz CT molecular complexity index is 436. The molecule has 2 N–H and O–H groups in total. The van der Waals surface area contributed by atoms with E-state index in [4.69, 9.17) is 0 Å². The first kappa shape index (κ1) is 11.0. The van der Waals surface area contributed by atoms with E-state index in [9.17, 15) is 19.2 Å². The van der Waals surface area contributed by atoms with E-state index in [0.29, 0.717) is 0 Å². The van der Waals surface area contributed by atoms with Gasteiger partial charge in [0.25, 0.3) is 23.6 Å². The first-order valence-corrected chi connectivity index (χ1v) is 6.20. The SMILES string of the molecule is O=C1C=C(SSC2=CC(=O)NC2=O)C(=O)N1. The number of hydrogen-bond acceptors (Lipinski definition) is 6. The second kappa shape index (κ2) is 4.14. The van der Waals surface area contributed by atoms with Gasteiger partial charge in [0.2, 0.25) is 0 Å². The van der Waals surface area contributed by atoms with Crippen LogP contribution in [0.4, 0.5) is 0 Å². The summed E-state index contributed by atoms with van der Waals surface area (Å²) in [5.74, 6) is -1.94. The van der Waals surface area contributed by atoms with Crippen molar-refractivity contribution in [2.75, 3.05) is 0 Å². The molecule has 0 aromatic rings. The van der Waals surface area contributed by atoms with Crippen LogP contribution < -0.4 is 10.6 Å². The summed E-state index contributed by atoms with van der Waals surface area (Å²) in [5.41, 5.74) is 0. The third-order valence-corrected chi connectivity index (χ3v) is 4.04. The van der Waals surface area contributed by atoms with E-state index >= 15 is 0 Å². The molecule has 0 atom stereocenters. The van der Waals surface area contributed by atoms with E-state index in [2.05, 4.69) is 10.6 Å². The fraction of sp³-hybridized carbons (Fsp3) is 0. The second-order valence-electron chi connectivity index (χ2n) is 2.82. The minimum Gasteiger partial charge on any atom is -0.288 e. The summed E-state index contributed by atoms with van der Waals surface area (Å²) in [6.07, 6.45) is 2.30. The Morgan fingerprint density at radius 2 is 1.12 bits per heavy atom. The monoisotopic (exact) mass is 256 g/mol. The van der Waals surface area contributed by atoms with Crippen molar-refractivity contribution >= 4 is 45.2 Å². The average molecular weight is 256 g/mol. The standard InChI is InChI=1S/C8H4N2O4S2/c11-5-1-3(7(13)9-5)15-16-4-2-6(12)10-8(4)14/h1-2H,(H,9,11,13)(H,10,12,14). The van der Waals surface area contributed by atoms with Crippen LogP contribution in [0.3, 0.4) is 0 Å². The molecule has 0 bridgehead atoms. The largest absolute Gasteiger partial charge is 0.288 e. The Morgan fingerprint density at radius 3 is 1.38 bits per heavy atom. The van der Waals surface area contributed by atoms with Gasteiger partial charge >= 0.3 is 0 Å². The van der Waals surface area contributed by atoms with E-state index in [1.807, 2.05) is 0 Å². The van der Waals surface area contributed by atoms with Crippen LogP contribution in [0.1, 0.15) is 0 Å². The van der Waals surface area contributed by atoms with Crippen molar-refractivity contribution in [2.45, 2.75) is 0 Å². The van der Waals surface area contributed by atoms with Crippen LogP contribution in [0.25, 0.3) is 0 Å². The maximum absolute atomic E-state index is 11.1. The third kappa shape index (κ3) is 2.17. The molecule has 0 saturated carbocycles. The molecule has 2 aliphatic rings. The maximum Gasteiger partial charge on any atom is 0.265 e. The summed E-state index contributed by atoms with van der Waals surface area (Å²) in [5, 5.41) is 4.14. The predicted octanol–water partition coefficient (Wildman–Crippen LogP) is -0.552. The summed E-state index contributed by atoms with van der Waals surface area (Å²) >= 11 is 0. The molecule has 0 radical (unpaired) electrons. The van der Waals surface area contributed by atoms with Crippen molar-refractivity contribution < 1.29 is 19.2 Å². The van der Waals surface area contributed by atoms with Gasteiger partial charge in [-0.3, -0.25) is 29.8 Å². The van der Waals surface area contributed by atoms with Crippen molar-refractivity contribution in [1.29, 1.82) is 0 Å². The summed E-state index contributed by atoms with van der Waals surface area (Å²) in [6, 6.07) is 0. The van der Waals surface area contributed by atoms with Gasteiger partial charge in [-0.2, -0.15) is 0 Å². The van der Waals surface area contributed by atoms with Crippen molar-refractivity contribution in [3.05, 3.63) is 22.0 Å². The highest BCUT2D eigenvalue weighted by Gasteiger charge is 2.26. The summed E-state index contributed by atoms with van der Waals surface area (Å²) in [4.78, 5) is 44.2. The van der Waals surface area contributed by atoms with Gasteiger partial charge < -0.3 is 0 Å². The zero-order valence-corrected chi connectivity index (χ0v) is 9.24. The highest BCUT2D eigenvalue weighted by Crippen LogP contribution is 2.38. The number of rotatable bonds is 3. The quantitative estimate of drug-likeness (QED) is 0.520. The van der Waals surface area contributed by atoms with Crippen LogP contribution in [0.15, 0.2) is 22.0 Å². The summed E-state index contributed by atoms with van der Waals surface area (Å²) in [6.45, 7) is 0. The third-order valence-electron chi connectivity index (χ3n) is 1.67. The molecule has 0 aromatic heterocycles. The molecular weight excluding hydrogens is 252 g/mol. The Labute approximate surface area is 97.3 Å². The number of nitrogens with one attached hydrogen (secondary N) is 2. The lowest BCUT2D eigenvalue weighted by Crippen LogP contribution is -2.22. The van der Waals surface area contributed by atoms with Crippen molar-refractivity contribution in [1.82, 2.24) is 10.6 Å². The van der Waals surface area contributed by atoms with Crippen LogP contribution in [0.2, 0.25) is 0 Å². The molecule has 0 aromatic carbocycles. The number of hydrogen-bond donors (Lipinski definition) is 2. The van der Waals surface area contributed by atoms with Crippen molar-refractivity contribution in [3.63, 3.8) is 0 Å². The van der Waals surface area contributed by atoms with E-state index in [1.165, 1.54) is 0 Å². The Balaban J connectivity index is 1.98. The Morgan fingerprint density at radius 1 is 0.750 bits per heavy atom. The lowest BCUT2D eigenvalue weighted by molar-refractivity contribution is -0.125. The van der Waals surface area contributed by atoms with Crippen LogP contribution in [-0.2, 0) is 19.2 Å². The Hall–Kier alpha value is -1.54. The lowest BCUT2D eigenvalue weighted by Gasteiger charge is -1.98. The zero-order chi connectivity index (χ0) is 11.7. The molecular formula is C8H4N2O4S2. The van der Waals surface area contributed by atoms with Crippen LogP contribution in [0, 0.1) is 0 Å². The number of imide groups is 2. The van der Waals surface area contributed by atoms with E-state index in [-0.39, 0.29) is 9.81 Å². The minimum atomic E-state index is -0.493. The van der Waals surface area contributed by atoms with Gasteiger partial charge in [0.15, 0.2) is 0 Å². The molecule has 82 valence electrons. The van der Waals surface area contributed by atoms with Crippen LogP contribution >= 0.6 is 21.6 Å². The second-order valence-corrected chi connectivity index (χ2v) is 5.03. The molecule has 16 heavy (non-hydrogen) atoms. The maximum atomic E-state index is 11.1. The molecule has 0 aliphatic carbocycles. The Kier molecular flexibility index (Phi) is 2.84. The molecule has 2 aliphatic heterocycles. The molecule has 0 fully saturated rings. The van der Waals surface area contributed by atoms with Crippen molar-refractivity contribution in [2.24, 2.45) is 0 Å².